The third-order valence-corrected chi connectivity index (χ3v) is 2.53. The van der Waals surface area contributed by atoms with Crippen LogP contribution in [0.5, 0.6) is 0 Å². The number of carbonyl (C=O) groups is 1. The minimum absolute atomic E-state index is 0.352. The van der Waals surface area contributed by atoms with Gasteiger partial charge in [0.05, 0.1) is 12.6 Å². The van der Waals surface area contributed by atoms with Crippen LogP contribution in [0.25, 0.3) is 0 Å². The molecule has 1 atom stereocenters. The van der Waals surface area contributed by atoms with E-state index in [-0.39, 0.29) is 5.82 Å². The lowest BCUT2D eigenvalue weighted by Gasteiger charge is -2.08. The van der Waals surface area contributed by atoms with Gasteiger partial charge >= 0.3 is 5.91 Å². The van der Waals surface area contributed by atoms with Crippen LogP contribution in [0.1, 0.15) is 24.9 Å². The van der Waals surface area contributed by atoms with E-state index in [4.69, 9.17) is 11.5 Å². The Labute approximate surface area is 106 Å². The quantitative estimate of drug-likeness (QED) is 0.630. The van der Waals surface area contributed by atoms with Gasteiger partial charge in [-0.25, -0.2) is 4.39 Å². The van der Waals surface area contributed by atoms with E-state index in [1.54, 1.807) is 23.5 Å². The van der Waals surface area contributed by atoms with Gasteiger partial charge in [-0.05, 0) is 24.1 Å². The summed E-state index contributed by atoms with van der Waals surface area (Å²) in [5.41, 5.74) is 12.2. The molecule has 0 saturated carbocycles. The molecule has 1 amide bonds. The first kappa shape index (κ1) is 14.3. The Kier molecular flexibility index (Phi) is 5.48. The molecule has 0 aliphatic carbocycles. The molecule has 18 heavy (non-hydrogen) atoms. The summed E-state index contributed by atoms with van der Waals surface area (Å²) in [4.78, 5) is 11.2. The fraction of sp³-hybridized carbons (Fsp3) is 0.308. The molecule has 0 aromatic heterocycles. The summed E-state index contributed by atoms with van der Waals surface area (Å²) in [5.74, 6) is -0.871. The summed E-state index contributed by atoms with van der Waals surface area (Å²) in [6.45, 7) is 2.76. The minimum Gasteiger partial charge on any atom is -0.361 e. The normalized spacial score (nSPS) is 13.4. The van der Waals surface area contributed by atoms with Crippen LogP contribution < -0.4 is 16.8 Å². The van der Waals surface area contributed by atoms with E-state index in [9.17, 15) is 9.18 Å². The van der Waals surface area contributed by atoms with Crippen LogP contribution in [0.2, 0.25) is 0 Å². The lowest BCUT2D eigenvalue weighted by atomic mass is 10.1. The summed E-state index contributed by atoms with van der Waals surface area (Å²) in [6, 6.07) is 5.44. The molecule has 1 aromatic rings. The predicted octanol–water partition coefficient (Wildman–Crippen LogP) is 0.168. The van der Waals surface area contributed by atoms with Crippen molar-refractivity contribution >= 4 is 5.91 Å². The van der Waals surface area contributed by atoms with E-state index >= 15 is 0 Å². The fourth-order valence-corrected chi connectivity index (χ4v) is 1.55. The molecule has 1 aromatic carbocycles. The van der Waals surface area contributed by atoms with Crippen molar-refractivity contribution in [2.45, 2.75) is 19.4 Å². The molecule has 5 heteroatoms. The maximum Gasteiger partial charge on any atom is 0.302 e. The third kappa shape index (κ3) is 4.27. The van der Waals surface area contributed by atoms with Crippen molar-refractivity contribution in [2.75, 3.05) is 6.54 Å². The Morgan fingerprint density at radius 3 is 2.83 bits per heavy atom. The zero-order valence-electron chi connectivity index (χ0n) is 10.4. The SMILES string of the molecule is CCC[NH2+]C(=CC(N)c1cccc(F)c1)C(N)=O. The van der Waals surface area contributed by atoms with Crippen molar-refractivity contribution in [3.8, 4) is 0 Å². The number of halogens is 1. The summed E-state index contributed by atoms with van der Waals surface area (Å²) in [5, 5.41) is 1.75. The van der Waals surface area contributed by atoms with E-state index < -0.39 is 11.9 Å². The molecule has 0 heterocycles. The zero-order valence-corrected chi connectivity index (χ0v) is 10.4. The first-order chi connectivity index (χ1) is 8.54. The summed E-state index contributed by atoms with van der Waals surface area (Å²) < 4.78 is 13.1. The van der Waals surface area contributed by atoms with Crippen LogP contribution in [0.4, 0.5) is 4.39 Å². The van der Waals surface area contributed by atoms with Gasteiger partial charge in [0.1, 0.15) is 5.82 Å². The van der Waals surface area contributed by atoms with Crippen molar-refractivity contribution in [3.63, 3.8) is 0 Å². The number of carbonyl (C=O) groups excluding carboxylic acids is 1. The molecule has 0 radical (unpaired) electrons. The van der Waals surface area contributed by atoms with Crippen LogP contribution in [0.3, 0.4) is 0 Å². The molecule has 1 unspecified atom stereocenters. The number of nitrogens with two attached hydrogens (primary N) is 3. The number of rotatable bonds is 6. The molecule has 0 bridgehead atoms. The van der Waals surface area contributed by atoms with Crippen molar-refractivity contribution in [1.82, 2.24) is 0 Å². The number of hydrogen-bond acceptors (Lipinski definition) is 2. The van der Waals surface area contributed by atoms with Gasteiger partial charge in [-0.3, -0.25) is 4.79 Å². The first-order valence-corrected chi connectivity index (χ1v) is 5.90. The van der Waals surface area contributed by atoms with Crippen LogP contribution in [0.15, 0.2) is 36.0 Å². The van der Waals surface area contributed by atoms with Gasteiger partial charge < -0.3 is 16.8 Å². The second kappa shape index (κ2) is 6.88. The van der Waals surface area contributed by atoms with E-state index in [1.807, 2.05) is 6.92 Å². The number of hydrogen-bond donors (Lipinski definition) is 3. The van der Waals surface area contributed by atoms with Crippen molar-refractivity contribution in [2.24, 2.45) is 11.5 Å². The van der Waals surface area contributed by atoms with Gasteiger partial charge in [0.2, 0.25) is 0 Å². The smallest absolute Gasteiger partial charge is 0.302 e. The molecule has 0 saturated heterocycles. The Bertz CT molecular complexity index is 446. The van der Waals surface area contributed by atoms with Crippen LogP contribution >= 0.6 is 0 Å². The molecular weight excluding hydrogens is 233 g/mol. The maximum absolute atomic E-state index is 13.1. The molecule has 4 nitrogen and oxygen atoms in total. The van der Waals surface area contributed by atoms with Crippen LogP contribution in [0, 0.1) is 5.82 Å². The van der Waals surface area contributed by atoms with E-state index in [2.05, 4.69) is 0 Å². The van der Waals surface area contributed by atoms with E-state index in [0.29, 0.717) is 11.3 Å². The first-order valence-electron chi connectivity index (χ1n) is 5.90. The number of amides is 1. The highest BCUT2D eigenvalue weighted by atomic mass is 19.1. The summed E-state index contributed by atoms with van der Waals surface area (Å²) >= 11 is 0. The monoisotopic (exact) mass is 252 g/mol. The molecule has 0 spiro atoms. The van der Waals surface area contributed by atoms with Crippen LogP contribution in [-0.2, 0) is 4.79 Å². The molecular formula is C13H19FN3O+. The Hall–Kier alpha value is -1.72. The Morgan fingerprint density at radius 2 is 2.28 bits per heavy atom. The molecule has 98 valence electrons. The summed E-state index contributed by atoms with van der Waals surface area (Å²) in [6.07, 6.45) is 2.48. The number of benzene rings is 1. The standard InChI is InChI=1S/C13H18FN3O/c1-2-6-17-12(13(16)18)8-11(15)9-4-3-5-10(14)7-9/h3-5,7-8,11,17H,2,6,15H2,1H3,(H2,16,18)/p+1. The molecule has 0 aliphatic rings. The maximum atomic E-state index is 13.1. The summed E-state index contributed by atoms with van der Waals surface area (Å²) in [7, 11) is 0. The molecule has 1 rings (SSSR count). The second-order valence-corrected chi connectivity index (χ2v) is 4.06. The molecule has 6 N–H and O–H groups in total. The van der Waals surface area contributed by atoms with E-state index in [0.717, 1.165) is 13.0 Å². The van der Waals surface area contributed by atoms with E-state index in [1.165, 1.54) is 12.1 Å². The van der Waals surface area contributed by atoms with Crippen LogP contribution in [-0.4, -0.2) is 12.5 Å². The van der Waals surface area contributed by atoms with Gasteiger partial charge in [0.25, 0.3) is 0 Å². The highest BCUT2D eigenvalue weighted by Crippen LogP contribution is 2.13. The van der Waals surface area contributed by atoms with Crippen molar-refractivity contribution in [3.05, 3.63) is 47.4 Å². The lowest BCUT2D eigenvalue weighted by molar-refractivity contribution is -0.600. The lowest BCUT2D eigenvalue weighted by Crippen LogP contribution is -2.84. The van der Waals surface area contributed by atoms with Gasteiger partial charge in [-0.2, -0.15) is 0 Å². The second-order valence-electron chi connectivity index (χ2n) is 4.06. The molecule has 0 fully saturated rings. The largest absolute Gasteiger partial charge is 0.361 e. The van der Waals surface area contributed by atoms with Crippen molar-refractivity contribution in [1.29, 1.82) is 0 Å². The third-order valence-electron chi connectivity index (χ3n) is 2.53. The highest BCUT2D eigenvalue weighted by molar-refractivity contribution is 5.89. The van der Waals surface area contributed by atoms with Gasteiger partial charge in [0, 0.05) is 6.08 Å². The topological polar surface area (TPSA) is 85.7 Å². The van der Waals surface area contributed by atoms with Gasteiger partial charge in [-0.1, -0.05) is 19.1 Å². The number of quaternary nitrogens is 1. The molecule has 0 aliphatic heterocycles. The predicted molar refractivity (Wildman–Crippen MR) is 67.7 cm³/mol. The van der Waals surface area contributed by atoms with Crippen molar-refractivity contribution < 1.29 is 14.5 Å². The number of primary amides is 1. The fourth-order valence-electron chi connectivity index (χ4n) is 1.55. The average molecular weight is 252 g/mol. The Balaban J connectivity index is 2.87. The van der Waals surface area contributed by atoms with Gasteiger partial charge in [-0.15, -0.1) is 0 Å². The van der Waals surface area contributed by atoms with Gasteiger partial charge in [0.15, 0.2) is 5.70 Å². The minimum atomic E-state index is -0.545. The Morgan fingerprint density at radius 1 is 1.56 bits per heavy atom. The average Bonchev–Trinajstić information content (AvgIpc) is 2.33. The highest BCUT2D eigenvalue weighted by Gasteiger charge is 2.13. The zero-order chi connectivity index (χ0) is 13.5.